The normalized spacial score (nSPS) is 12.2. The van der Waals surface area contributed by atoms with Crippen LogP contribution in [0.4, 0.5) is 0 Å². The monoisotopic (exact) mass is 436 g/mol. The van der Waals surface area contributed by atoms with E-state index in [4.69, 9.17) is 5.10 Å². The van der Waals surface area contributed by atoms with Crippen LogP contribution in [-0.2, 0) is 16.3 Å². The quantitative estimate of drug-likeness (QED) is 0.398. The molecule has 0 N–H and O–H groups in total. The van der Waals surface area contributed by atoms with E-state index < -0.39 is 9.84 Å². The Morgan fingerprint density at radius 3 is 2.29 bits per heavy atom. The Morgan fingerprint density at radius 2 is 1.68 bits per heavy atom. The molecular formula is C24H28N4O2S. The summed E-state index contributed by atoms with van der Waals surface area (Å²) >= 11 is 0. The second-order valence-electron chi connectivity index (χ2n) is 7.84. The van der Waals surface area contributed by atoms with Gasteiger partial charge in [-0.25, -0.2) is 13.1 Å². The molecule has 0 atom stereocenters. The van der Waals surface area contributed by atoms with Crippen LogP contribution in [0.2, 0.25) is 0 Å². The van der Waals surface area contributed by atoms with Gasteiger partial charge in [-0.2, -0.15) is 10.2 Å². The predicted molar refractivity (Wildman–Crippen MR) is 124 cm³/mol. The third kappa shape index (κ3) is 3.90. The second-order valence-corrected chi connectivity index (χ2v) is 9.86. The van der Waals surface area contributed by atoms with Gasteiger partial charge in [0.15, 0.2) is 9.84 Å². The highest BCUT2D eigenvalue weighted by atomic mass is 32.2. The van der Waals surface area contributed by atoms with Crippen molar-refractivity contribution in [3.05, 3.63) is 60.4 Å². The number of aromatic nitrogens is 4. The third-order valence-corrected chi connectivity index (χ3v) is 6.98. The smallest absolute Gasteiger partial charge is 0.175 e. The van der Waals surface area contributed by atoms with E-state index in [0.717, 1.165) is 47.4 Å². The lowest BCUT2D eigenvalue weighted by Gasteiger charge is -2.15. The molecule has 0 unspecified atom stereocenters. The predicted octanol–water partition coefficient (Wildman–Crippen LogP) is 5.22. The van der Waals surface area contributed by atoms with Crippen LogP contribution in [-0.4, -0.2) is 34.2 Å². The van der Waals surface area contributed by atoms with Gasteiger partial charge in [0.25, 0.3) is 0 Å². The van der Waals surface area contributed by atoms with E-state index in [9.17, 15) is 8.42 Å². The molecule has 0 aliphatic rings. The zero-order valence-corrected chi connectivity index (χ0v) is 19.2. The Bertz CT molecular complexity index is 1310. The number of aryl methyl sites for hydroxylation is 1. The average Bonchev–Trinajstić information content (AvgIpc) is 3.39. The summed E-state index contributed by atoms with van der Waals surface area (Å²) in [4.78, 5) is 0.299. The van der Waals surface area contributed by atoms with Crippen molar-refractivity contribution >= 4 is 20.7 Å². The molecule has 0 spiro atoms. The van der Waals surface area contributed by atoms with Crippen LogP contribution < -0.4 is 0 Å². The highest BCUT2D eigenvalue weighted by Crippen LogP contribution is 2.31. The first-order valence-electron chi connectivity index (χ1n) is 10.7. The minimum atomic E-state index is -3.23. The molecule has 0 saturated heterocycles. The maximum absolute atomic E-state index is 11.8. The minimum Gasteiger partial charge on any atom is -0.262 e. The summed E-state index contributed by atoms with van der Waals surface area (Å²) in [5.74, 6) is 0. The molecular weight excluding hydrogens is 408 g/mol. The Morgan fingerprint density at radius 1 is 0.968 bits per heavy atom. The summed E-state index contributed by atoms with van der Waals surface area (Å²) in [6.45, 7) is 6.54. The molecule has 2 aromatic heterocycles. The fourth-order valence-corrected chi connectivity index (χ4v) is 4.73. The summed E-state index contributed by atoms with van der Waals surface area (Å²) in [6.07, 6.45) is 5.94. The lowest BCUT2D eigenvalue weighted by molar-refractivity contribution is 0.438. The Hall–Kier alpha value is -2.93. The number of rotatable bonds is 7. The maximum atomic E-state index is 11.8. The van der Waals surface area contributed by atoms with Crippen LogP contribution in [0.1, 0.15) is 45.3 Å². The van der Waals surface area contributed by atoms with E-state index in [1.165, 1.54) is 11.6 Å². The zero-order chi connectivity index (χ0) is 22.2. The van der Waals surface area contributed by atoms with Crippen LogP contribution >= 0.6 is 0 Å². The Kier molecular flexibility index (Phi) is 5.71. The standard InChI is InChI=1S/C24H28N4O2S/c1-5-18(6-2)28-24-16-17(8-13-21(24)22(7-3)26-28)23-14-15-25-27(23)19-9-11-20(12-10-19)31(4,29)30/h8-16,18H,5-7H2,1-4H3. The fraction of sp³-hybridized carbons (Fsp3) is 0.333. The first-order valence-corrected chi connectivity index (χ1v) is 12.6. The molecule has 0 fully saturated rings. The van der Waals surface area contributed by atoms with E-state index in [2.05, 4.69) is 48.8 Å². The van der Waals surface area contributed by atoms with E-state index in [1.54, 1.807) is 30.5 Å². The van der Waals surface area contributed by atoms with E-state index in [1.807, 2.05) is 10.7 Å². The number of hydrogen-bond donors (Lipinski definition) is 0. The molecule has 4 rings (SSSR count). The van der Waals surface area contributed by atoms with Crippen LogP contribution in [0.3, 0.4) is 0 Å². The largest absolute Gasteiger partial charge is 0.262 e. The summed E-state index contributed by atoms with van der Waals surface area (Å²) in [5, 5.41) is 10.6. The minimum absolute atomic E-state index is 0.299. The van der Waals surface area contributed by atoms with Crippen LogP contribution in [0.5, 0.6) is 0 Å². The van der Waals surface area contributed by atoms with Gasteiger partial charge in [0, 0.05) is 17.2 Å². The fourth-order valence-electron chi connectivity index (χ4n) is 4.10. The Balaban J connectivity index is 1.82. The molecule has 7 heteroatoms. The molecule has 31 heavy (non-hydrogen) atoms. The maximum Gasteiger partial charge on any atom is 0.175 e. The van der Waals surface area contributed by atoms with Gasteiger partial charge in [0.05, 0.1) is 39.7 Å². The first-order chi connectivity index (χ1) is 14.9. The van der Waals surface area contributed by atoms with Gasteiger partial charge in [-0.05, 0) is 55.7 Å². The Labute approximate surface area is 183 Å². The third-order valence-electron chi connectivity index (χ3n) is 5.86. The SMILES string of the molecule is CCc1nn(C(CC)CC)c2cc(-c3ccnn3-c3ccc(S(C)(=O)=O)cc3)ccc12. The van der Waals surface area contributed by atoms with Gasteiger partial charge in [0.1, 0.15) is 0 Å². The summed E-state index contributed by atoms with van der Waals surface area (Å²) < 4.78 is 27.6. The zero-order valence-electron chi connectivity index (χ0n) is 18.4. The van der Waals surface area contributed by atoms with Gasteiger partial charge in [0.2, 0.25) is 0 Å². The number of hydrogen-bond acceptors (Lipinski definition) is 4. The van der Waals surface area contributed by atoms with Crippen molar-refractivity contribution < 1.29 is 8.42 Å². The summed E-state index contributed by atoms with van der Waals surface area (Å²) in [7, 11) is -3.23. The summed E-state index contributed by atoms with van der Waals surface area (Å²) in [6, 6.07) is 15.6. The number of benzene rings is 2. The first kappa shape index (κ1) is 21.3. The molecule has 0 aliphatic carbocycles. The van der Waals surface area contributed by atoms with Crippen LogP contribution in [0.15, 0.2) is 59.6 Å². The highest BCUT2D eigenvalue weighted by Gasteiger charge is 2.17. The molecule has 2 heterocycles. The van der Waals surface area contributed by atoms with E-state index >= 15 is 0 Å². The molecule has 2 aromatic carbocycles. The number of nitrogens with zero attached hydrogens (tertiary/aromatic N) is 4. The van der Waals surface area contributed by atoms with Crippen molar-refractivity contribution in [2.24, 2.45) is 0 Å². The van der Waals surface area contributed by atoms with Gasteiger partial charge in [-0.15, -0.1) is 0 Å². The molecule has 162 valence electrons. The molecule has 0 saturated carbocycles. The topological polar surface area (TPSA) is 69.8 Å². The molecule has 4 aromatic rings. The molecule has 0 aliphatic heterocycles. The van der Waals surface area contributed by atoms with Gasteiger partial charge >= 0.3 is 0 Å². The van der Waals surface area contributed by atoms with Gasteiger partial charge in [-0.3, -0.25) is 4.68 Å². The second kappa shape index (κ2) is 8.30. The molecule has 0 bridgehead atoms. The van der Waals surface area contributed by atoms with Gasteiger partial charge in [-0.1, -0.05) is 32.9 Å². The van der Waals surface area contributed by atoms with Crippen molar-refractivity contribution in [1.82, 2.24) is 19.6 Å². The molecule has 6 nitrogen and oxygen atoms in total. The van der Waals surface area contributed by atoms with E-state index in [-0.39, 0.29) is 0 Å². The molecule has 0 amide bonds. The number of fused-ring (bicyclic) bond motifs is 1. The van der Waals surface area contributed by atoms with Crippen molar-refractivity contribution in [2.75, 3.05) is 6.26 Å². The lowest BCUT2D eigenvalue weighted by Crippen LogP contribution is -2.09. The van der Waals surface area contributed by atoms with Crippen molar-refractivity contribution in [1.29, 1.82) is 0 Å². The van der Waals surface area contributed by atoms with Crippen LogP contribution in [0.25, 0.3) is 27.8 Å². The lowest BCUT2D eigenvalue weighted by atomic mass is 10.1. The van der Waals surface area contributed by atoms with Crippen molar-refractivity contribution in [3.63, 3.8) is 0 Å². The van der Waals surface area contributed by atoms with Crippen molar-refractivity contribution in [3.8, 4) is 16.9 Å². The van der Waals surface area contributed by atoms with Crippen LogP contribution in [0, 0.1) is 0 Å². The number of sulfone groups is 1. The van der Waals surface area contributed by atoms with E-state index in [0.29, 0.717) is 10.9 Å². The van der Waals surface area contributed by atoms with Gasteiger partial charge < -0.3 is 0 Å². The van der Waals surface area contributed by atoms with Crippen molar-refractivity contribution in [2.45, 2.75) is 51.0 Å². The highest BCUT2D eigenvalue weighted by molar-refractivity contribution is 7.90. The molecule has 0 radical (unpaired) electrons. The summed E-state index contributed by atoms with van der Waals surface area (Å²) in [5.41, 5.74) is 5.08. The average molecular weight is 437 g/mol.